The second-order valence-electron chi connectivity index (χ2n) is 6.95. The molecule has 4 rings (SSSR count). The standard InChI is InChI=1S/C21H23N3O2S/c1-3-24-20(26)17-12-15-8-4-5-9-16(15)13-18(17)22-21(24)27-14(2)19(25)23-10-6-7-11-23/h4-5,8-9,12-14H,3,6-7,10-11H2,1-2H3/t14-/m1/s1. The number of hydrogen-bond donors (Lipinski definition) is 0. The highest BCUT2D eigenvalue weighted by atomic mass is 32.2. The molecule has 2 aromatic carbocycles. The molecule has 0 aliphatic carbocycles. The van der Waals surface area contributed by atoms with E-state index in [1.54, 1.807) is 4.57 Å². The first-order chi connectivity index (χ1) is 13.1. The van der Waals surface area contributed by atoms with Crippen molar-refractivity contribution in [1.82, 2.24) is 14.5 Å². The predicted octanol–water partition coefficient (Wildman–Crippen LogP) is 3.67. The van der Waals surface area contributed by atoms with Crippen LogP contribution in [0.5, 0.6) is 0 Å². The van der Waals surface area contributed by atoms with Gasteiger partial charge in [-0.2, -0.15) is 0 Å². The van der Waals surface area contributed by atoms with E-state index in [1.807, 2.05) is 55.1 Å². The molecule has 1 aliphatic rings. The minimum atomic E-state index is -0.259. The van der Waals surface area contributed by atoms with Gasteiger partial charge in [-0.3, -0.25) is 14.2 Å². The summed E-state index contributed by atoms with van der Waals surface area (Å²) in [5.41, 5.74) is 0.642. The lowest BCUT2D eigenvalue weighted by molar-refractivity contribution is -0.129. The van der Waals surface area contributed by atoms with Crippen LogP contribution in [0.2, 0.25) is 0 Å². The highest BCUT2D eigenvalue weighted by Crippen LogP contribution is 2.26. The molecule has 140 valence electrons. The summed E-state index contributed by atoms with van der Waals surface area (Å²) < 4.78 is 1.68. The van der Waals surface area contributed by atoms with Gasteiger partial charge >= 0.3 is 0 Å². The Hall–Kier alpha value is -2.34. The van der Waals surface area contributed by atoms with Crippen molar-refractivity contribution in [3.05, 3.63) is 46.8 Å². The second kappa shape index (κ2) is 7.35. The van der Waals surface area contributed by atoms with Crippen molar-refractivity contribution < 1.29 is 4.79 Å². The molecule has 0 unspecified atom stereocenters. The van der Waals surface area contributed by atoms with E-state index in [0.29, 0.717) is 22.6 Å². The zero-order valence-corrected chi connectivity index (χ0v) is 16.5. The fraction of sp³-hybridized carbons (Fsp3) is 0.381. The lowest BCUT2D eigenvalue weighted by Crippen LogP contribution is -2.34. The van der Waals surface area contributed by atoms with Gasteiger partial charge < -0.3 is 4.90 Å². The monoisotopic (exact) mass is 381 g/mol. The second-order valence-corrected chi connectivity index (χ2v) is 8.26. The fourth-order valence-electron chi connectivity index (χ4n) is 3.66. The normalized spacial score (nSPS) is 15.6. The number of fused-ring (bicyclic) bond motifs is 2. The summed E-state index contributed by atoms with van der Waals surface area (Å²) >= 11 is 1.38. The number of benzene rings is 2. The molecule has 0 bridgehead atoms. The molecule has 1 aromatic heterocycles. The third kappa shape index (κ3) is 3.34. The largest absolute Gasteiger partial charge is 0.342 e. The average molecular weight is 382 g/mol. The molecule has 3 aromatic rings. The Kier molecular flexibility index (Phi) is 4.91. The molecule has 1 atom stereocenters. The number of rotatable bonds is 4. The average Bonchev–Trinajstić information content (AvgIpc) is 3.21. The molecule has 0 spiro atoms. The van der Waals surface area contributed by atoms with Crippen molar-refractivity contribution in [2.24, 2.45) is 0 Å². The lowest BCUT2D eigenvalue weighted by atomic mass is 10.1. The molecule has 6 heteroatoms. The lowest BCUT2D eigenvalue weighted by Gasteiger charge is -2.20. The minimum Gasteiger partial charge on any atom is -0.342 e. The van der Waals surface area contributed by atoms with E-state index in [4.69, 9.17) is 4.98 Å². The molecule has 5 nitrogen and oxygen atoms in total. The Bertz CT molecular complexity index is 1070. The van der Waals surface area contributed by atoms with E-state index in [0.717, 1.165) is 36.7 Å². The van der Waals surface area contributed by atoms with Crippen molar-refractivity contribution in [3.63, 3.8) is 0 Å². The summed E-state index contributed by atoms with van der Waals surface area (Å²) in [5.74, 6) is 0.132. The third-order valence-electron chi connectivity index (χ3n) is 5.15. The van der Waals surface area contributed by atoms with Gasteiger partial charge in [0.1, 0.15) is 0 Å². The van der Waals surface area contributed by atoms with Gasteiger partial charge in [-0.25, -0.2) is 4.98 Å². The highest BCUT2D eigenvalue weighted by Gasteiger charge is 2.25. The number of likely N-dealkylation sites (tertiary alicyclic amines) is 1. The predicted molar refractivity (Wildman–Crippen MR) is 110 cm³/mol. The Morgan fingerprint density at radius 1 is 1.19 bits per heavy atom. The van der Waals surface area contributed by atoms with E-state index < -0.39 is 0 Å². The molecule has 0 saturated carbocycles. The Morgan fingerprint density at radius 2 is 1.85 bits per heavy atom. The van der Waals surface area contributed by atoms with Crippen LogP contribution >= 0.6 is 11.8 Å². The minimum absolute atomic E-state index is 0.0448. The van der Waals surface area contributed by atoms with Gasteiger partial charge in [0.2, 0.25) is 5.91 Å². The number of amides is 1. The van der Waals surface area contributed by atoms with Crippen molar-refractivity contribution in [1.29, 1.82) is 0 Å². The van der Waals surface area contributed by atoms with Gasteiger partial charge in [0.05, 0.1) is 16.2 Å². The first-order valence-corrected chi connectivity index (χ1v) is 10.3. The van der Waals surface area contributed by atoms with Gasteiger partial charge in [0.15, 0.2) is 5.16 Å². The van der Waals surface area contributed by atoms with Crippen LogP contribution in [0.25, 0.3) is 21.7 Å². The molecule has 1 amide bonds. The molecule has 0 N–H and O–H groups in total. The summed E-state index contributed by atoms with van der Waals surface area (Å²) in [6.45, 7) is 6.04. The molecule has 1 aliphatic heterocycles. The van der Waals surface area contributed by atoms with Crippen LogP contribution in [0.1, 0.15) is 26.7 Å². The van der Waals surface area contributed by atoms with Crippen LogP contribution < -0.4 is 5.56 Å². The number of thioether (sulfide) groups is 1. The molecule has 0 radical (unpaired) electrons. The first-order valence-electron chi connectivity index (χ1n) is 9.47. The SMILES string of the molecule is CCn1c(S[C@H](C)C(=O)N2CCCC2)nc2cc3ccccc3cc2c1=O. The third-order valence-corrected chi connectivity index (χ3v) is 6.23. The van der Waals surface area contributed by atoms with E-state index in [-0.39, 0.29) is 16.7 Å². The van der Waals surface area contributed by atoms with Crippen molar-refractivity contribution in [3.8, 4) is 0 Å². The van der Waals surface area contributed by atoms with Gasteiger partial charge in [0.25, 0.3) is 5.56 Å². The topological polar surface area (TPSA) is 55.2 Å². The molecule has 27 heavy (non-hydrogen) atoms. The summed E-state index contributed by atoms with van der Waals surface area (Å²) in [7, 11) is 0. The maximum atomic E-state index is 13.0. The summed E-state index contributed by atoms with van der Waals surface area (Å²) in [5, 5.41) is 3.07. The van der Waals surface area contributed by atoms with Crippen molar-refractivity contribution >= 4 is 39.3 Å². The Morgan fingerprint density at radius 3 is 2.52 bits per heavy atom. The van der Waals surface area contributed by atoms with Gasteiger partial charge in [-0.15, -0.1) is 0 Å². The first kappa shape index (κ1) is 18.0. The van der Waals surface area contributed by atoms with Crippen LogP contribution in [0.3, 0.4) is 0 Å². The van der Waals surface area contributed by atoms with Crippen LogP contribution in [-0.2, 0) is 11.3 Å². The van der Waals surface area contributed by atoms with E-state index >= 15 is 0 Å². The molecule has 2 heterocycles. The van der Waals surface area contributed by atoms with Gasteiger partial charge in [-0.05, 0) is 49.6 Å². The van der Waals surface area contributed by atoms with Crippen molar-refractivity contribution in [2.75, 3.05) is 13.1 Å². The van der Waals surface area contributed by atoms with Crippen LogP contribution in [0.15, 0.2) is 46.3 Å². The van der Waals surface area contributed by atoms with Crippen LogP contribution in [-0.4, -0.2) is 38.7 Å². The summed E-state index contributed by atoms with van der Waals surface area (Å²) in [6, 6.07) is 11.9. The zero-order chi connectivity index (χ0) is 19.0. The number of carbonyl (C=O) groups excluding carboxylic acids is 1. The Balaban J connectivity index is 1.76. The van der Waals surface area contributed by atoms with Gasteiger partial charge in [0, 0.05) is 19.6 Å². The molecular weight excluding hydrogens is 358 g/mol. The number of nitrogens with zero attached hydrogens (tertiary/aromatic N) is 3. The van der Waals surface area contributed by atoms with E-state index in [2.05, 4.69) is 0 Å². The Labute approximate surface area is 162 Å². The number of hydrogen-bond acceptors (Lipinski definition) is 4. The zero-order valence-electron chi connectivity index (χ0n) is 15.6. The highest BCUT2D eigenvalue weighted by molar-refractivity contribution is 8.00. The van der Waals surface area contributed by atoms with E-state index in [9.17, 15) is 9.59 Å². The van der Waals surface area contributed by atoms with Gasteiger partial charge in [-0.1, -0.05) is 36.0 Å². The summed E-state index contributed by atoms with van der Waals surface area (Å²) in [6.07, 6.45) is 2.15. The fourth-order valence-corrected chi connectivity index (χ4v) is 4.72. The van der Waals surface area contributed by atoms with Crippen molar-refractivity contribution in [2.45, 2.75) is 43.6 Å². The molecule has 1 fully saturated rings. The van der Waals surface area contributed by atoms with Crippen LogP contribution in [0, 0.1) is 0 Å². The quantitative estimate of drug-likeness (QED) is 0.393. The van der Waals surface area contributed by atoms with Crippen LogP contribution in [0.4, 0.5) is 0 Å². The molecular formula is C21H23N3O2S. The summed E-state index contributed by atoms with van der Waals surface area (Å²) in [4.78, 5) is 32.4. The number of carbonyl (C=O) groups is 1. The maximum absolute atomic E-state index is 13.0. The molecule has 1 saturated heterocycles. The maximum Gasteiger partial charge on any atom is 0.262 e. The van der Waals surface area contributed by atoms with E-state index in [1.165, 1.54) is 11.8 Å². The number of aromatic nitrogens is 2. The smallest absolute Gasteiger partial charge is 0.262 e.